The van der Waals surface area contributed by atoms with Crippen LogP contribution in [-0.4, -0.2) is 9.97 Å². The first-order chi connectivity index (χ1) is 9.65. The van der Waals surface area contributed by atoms with Crippen molar-refractivity contribution in [2.24, 2.45) is 0 Å². The Morgan fingerprint density at radius 2 is 2.10 bits per heavy atom. The van der Waals surface area contributed by atoms with E-state index in [-0.39, 0.29) is 0 Å². The number of hydrogen-bond acceptors (Lipinski definition) is 4. The zero-order valence-corrected chi connectivity index (χ0v) is 10.9. The van der Waals surface area contributed by atoms with Crippen LogP contribution in [0.2, 0.25) is 0 Å². The van der Waals surface area contributed by atoms with Crippen molar-refractivity contribution >= 4 is 28.1 Å². The van der Waals surface area contributed by atoms with Crippen LogP contribution in [0.15, 0.2) is 36.4 Å². The summed E-state index contributed by atoms with van der Waals surface area (Å²) in [5.41, 5.74) is 10.6. The van der Waals surface area contributed by atoms with Crippen LogP contribution in [0.3, 0.4) is 0 Å². The molecule has 0 spiro atoms. The van der Waals surface area contributed by atoms with E-state index in [9.17, 15) is 0 Å². The van der Waals surface area contributed by atoms with E-state index in [1.165, 1.54) is 0 Å². The second-order valence-electron chi connectivity index (χ2n) is 4.59. The SMILES string of the molecule is Cc1nc2ccc(Nc3ccc(C#N)cc3N)cc2[nH]1. The fourth-order valence-corrected chi connectivity index (χ4v) is 2.12. The second-order valence-corrected chi connectivity index (χ2v) is 4.59. The van der Waals surface area contributed by atoms with Crippen molar-refractivity contribution in [3.8, 4) is 6.07 Å². The van der Waals surface area contributed by atoms with Crippen molar-refractivity contribution in [3.05, 3.63) is 47.8 Å². The number of nitrogens with two attached hydrogens (primary N) is 1. The van der Waals surface area contributed by atoms with Gasteiger partial charge < -0.3 is 16.0 Å². The van der Waals surface area contributed by atoms with Crippen LogP contribution in [0.25, 0.3) is 11.0 Å². The number of anilines is 3. The monoisotopic (exact) mass is 263 g/mol. The third-order valence-electron chi connectivity index (χ3n) is 3.06. The van der Waals surface area contributed by atoms with Gasteiger partial charge in [0.1, 0.15) is 5.82 Å². The highest BCUT2D eigenvalue weighted by molar-refractivity contribution is 5.82. The molecular weight excluding hydrogens is 250 g/mol. The smallest absolute Gasteiger partial charge is 0.104 e. The molecule has 0 saturated carbocycles. The van der Waals surface area contributed by atoms with Gasteiger partial charge in [0.25, 0.3) is 0 Å². The van der Waals surface area contributed by atoms with Gasteiger partial charge in [0.2, 0.25) is 0 Å². The van der Waals surface area contributed by atoms with Gasteiger partial charge in [0.15, 0.2) is 0 Å². The highest BCUT2D eigenvalue weighted by Crippen LogP contribution is 2.25. The Kier molecular flexibility index (Phi) is 2.77. The summed E-state index contributed by atoms with van der Waals surface area (Å²) in [6, 6.07) is 13.1. The Hall–Kier alpha value is -3.00. The molecule has 0 amide bonds. The topological polar surface area (TPSA) is 90.5 Å². The largest absolute Gasteiger partial charge is 0.397 e. The van der Waals surface area contributed by atoms with E-state index < -0.39 is 0 Å². The lowest BCUT2D eigenvalue weighted by molar-refractivity contribution is 1.17. The maximum atomic E-state index is 8.83. The minimum Gasteiger partial charge on any atom is -0.397 e. The fourth-order valence-electron chi connectivity index (χ4n) is 2.12. The molecule has 1 aromatic heterocycles. The number of nitrogens with zero attached hydrogens (tertiary/aromatic N) is 2. The number of aromatic amines is 1. The lowest BCUT2D eigenvalue weighted by Crippen LogP contribution is -1.96. The van der Waals surface area contributed by atoms with Crippen LogP contribution in [0.1, 0.15) is 11.4 Å². The summed E-state index contributed by atoms with van der Waals surface area (Å²) in [4.78, 5) is 7.55. The van der Waals surface area contributed by atoms with Gasteiger partial charge in [-0.1, -0.05) is 0 Å². The molecule has 1 heterocycles. The number of imidazole rings is 1. The number of nitrogen functional groups attached to an aromatic ring is 1. The fraction of sp³-hybridized carbons (Fsp3) is 0.0667. The van der Waals surface area contributed by atoms with E-state index in [1.807, 2.05) is 25.1 Å². The zero-order valence-electron chi connectivity index (χ0n) is 10.9. The minimum absolute atomic E-state index is 0.546. The molecule has 0 unspecified atom stereocenters. The summed E-state index contributed by atoms with van der Waals surface area (Å²) in [5, 5.41) is 12.1. The van der Waals surface area contributed by atoms with E-state index in [4.69, 9.17) is 11.0 Å². The Labute approximate surface area is 116 Å². The van der Waals surface area contributed by atoms with Gasteiger partial charge in [-0.3, -0.25) is 0 Å². The molecule has 98 valence electrons. The first-order valence-electron chi connectivity index (χ1n) is 6.19. The standard InChI is InChI=1S/C15H13N5/c1-9-18-14-5-3-11(7-15(14)19-9)20-13-4-2-10(8-16)6-12(13)17/h2-7,20H,17H2,1H3,(H,18,19). The van der Waals surface area contributed by atoms with Gasteiger partial charge in [-0.2, -0.15) is 5.26 Å². The summed E-state index contributed by atoms with van der Waals surface area (Å²) in [6.07, 6.45) is 0. The summed E-state index contributed by atoms with van der Waals surface area (Å²) in [6.45, 7) is 1.92. The van der Waals surface area contributed by atoms with Crippen LogP contribution in [0.5, 0.6) is 0 Å². The summed E-state index contributed by atoms with van der Waals surface area (Å²) < 4.78 is 0. The molecular formula is C15H13N5. The van der Waals surface area contributed by atoms with Gasteiger partial charge in [-0.25, -0.2) is 4.98 Å². The summed E-state index contributed by atoms with van der Waals surface area (Å²) in [7, 11) is 0. The molecule has 20 heavy (non-hydrogen) atoms. The minimum atomic E-state index is 0.546. The first-order valence-corrected chi connectivity index (χ1v) is 6.19. The Bertz CT molecular complexity index is 826. The first kappa shape index (κ1) is 12.1. The van der Waals surface area contributed by atoms with Crippen molar-refractivity contribution in [2.75, 3.05) is 11.1 Å². The van der Waals surface area contributed by atoms with Gasteiger partial charge in [-0.05, 0) is 43.3 Å². The molecule has 5 nitrogen and oxygen atoms in total. The highest BCUT2D eigenvalue weighted by Gasteiger charge is 2.04. The third-order valence-corrected chi connectivity index (χ3v) is 3.06. The van der Waals surface area contributed by atoms with Crippen LogP contribution < -0.4 is 11.1 Å². The lowest BCUT2D eigenvalue weighted by Gasteiger charge is -2.09. The molecule has 2 aromatic carbocycles. The molecule has 0 fully saturated rings. The average Bonchev–Trinajstić information content (AvgIpc) is 2.80. The highest BCUT2D eigenvalue weighted by atomic mass is 14.9. The van der Waals surface area contributed by atoms with E-state index in [0.717, 1.165) is 28.2 Å². The maximum Gasteiger partial charge on any atom is 0.104 e. The van der Waals surface area contributed by atoms with E-state index in [2.05, 4.69) is 21.4 Å². The molecule has 0 aliphatic heterocycles. The molecule has 3 rings (SSSR count). The molecule has 0 radical (unpaired) electrons. The van der Waals surface area contributed by atoms with Crippen molar-refractivity contribution in [2.45, 2.75) is 6.92 Å². The number of nitriles is 1. The second kappa shape index (κ2) is 4.59. The van der Waals surface area contributed by atoms with Crippen molar-refractivity contribution in [1.29, 1.82) is 5.26 Å². The predicted octanol–water partition coefficient (Wildman–Crippen LogP) is 3.07. The number of aromatic nitrogens is 2. The quantitative estimate of drug-likeness (QED) is 0.620. The molecule has 4 N–H and O–H groups in total. The summed E-state index contributed by atoms with van der Waals surface area (Å²) in [5.74, 6) is 0.884. The number of aryl methyl sites for hydroxylation is 1. The predicted molar refractivity (Wildman–Crippen MR) is 79.7 cm³/mol. The normalized spacial score (nSPS) is 10.4. The molecule has 5 heteroatoms. The van der Waals surface area contributed by atoms with Crippen LogP contribution >= 0.6 is 0 Å². The van der Waals surface area contributed by atoms with Gasteiger partial charge in [0, 0.05) is 5.69 Å². The number of benzene rings is 2. The molecule has 3 aromatic rings. The number of H-pyrrole nitrogens is 1. The Morgan fingerprint density at radius 1 is 1.25 bits per heavy atom. The molecule has 0 aliphatic carbocycles. The van der Waals surface area contributed by atoms with Crippen LogP contribution in [-0.2, 0) is 0 Å². The van der Waals surface area contributed by atoms with Gasteiger partial charge in [-0.15, -0.1) is 0 Å². The molecule has 0 saturated heterocycles. The maximum absolute atomic E-state index is 8.83. The number of nitrogens with one attached hydrogen (secondary N) is 2. The van der Waals surface area contributed by atoms with Gasteiger partial charge >= 0.3 is 0 Å². The Balaban J connectivity index is 1.94. The Morgan fingerprint density at radius 3 is 2.85 bits per heavy atom. The van der Waals surface area contributed by atoms with Crippen LogP contribution in [0.4, 0.5) is 17.1 Å². The third kappa shape index (κ3) is 2.15. The van der Waals surface area contributed by atoms with E-state index >= 15 is 0 Å². The van der Waals surface area contributed by atoms with E-state index in [1.54, 1.807) is 18.2 Å². The number of hydrogen-bond donors (Lipinski definition) is 3. The number of rotatable bonds is 2. The van der Waals surface area contributed by atoms with Gasteiger partial charge in [0.05, 0.1) is 34.0 Å². The average molecular weight is 263 g/mol. The van der Waals surface area contributed by atoms with Crippen molar-refractivity contribution in [1.82, 2.24) is 9.97 Å². The van der Waals surface area contributed by atoms with Crippen molar-refractivity contribution in [3.63, 3.8) is 0 Å². The van der Waals surface area contributed by atoms with Crippen molar-refractivity contribution < 1.29 is 0 Å². The number of fused-ring (bicyclic) bond motifs is 1. The molecule has 0 atom stereocenters. The van der Waals surface area contributed by atoms with Crippen LogP contribution in [0, 0.1) is 18.3 Å². The molecule has 0 aliphatic rings. The zero-order chi connectivity index (χ0) is 14.1. The van der Waals surface area contributed by atoms with E-state index in [0.29, 0.717) is 11.3 Å². The summed E-state index contributed by atoms with van der Waals surface area (Å²) >= 11 is 0. The molecule has 0 bridgehead atoms. The lowest BCUT2D eigenvalue weighted by atomic mass is 10.2.